The fraction of sp³-hybridized carbons (Fsp3) is 0.611. The number of carbonyl (C=O) groups is 1. The molecule has 5 nitrogen and oxygen atoms in total. The van der Waals surface area contributed by atoms with Gasteiger partial charge in [-0.15, -0.1) is 0 Å². The molecule has 0 heterocycles. The third-order valence-corrected chi connectivity index (χ3v) is 4.81. The van der Waals surface area contributed by atoms with Crippen molar-refractivity contribution in [1.29, 1.82) is 0 Å². The van der Waals surface area contributed by atoms with Crippen LogP contribution in [-0.2, 0) is 6.54 Å². The molecule has 5 heteroatoms. The van der Waals surface area contributed by atoms with Crippen molar-refractivity contribution in [3.63, 3.8) is 0 Å². The first-order chi connectivity index (χ1) is 11.2. The maximum atomic E-state index is 12.7. The Bertz CT molecular complexity index is 537. The second kappa shape index (κ2) is 7.21. The predicted molar refractivity (Wildman–Crippen MR) is 88.4 cm³/mol. The van der Waals surface area contributed by atoms with Crippen molar-refractivity contribution in [1.82, 2.24) is 10.2 Å². The number of aliphatic hydroxyl groups excluding tert-OH is 1. The summed E-state index contributed by atoms with van der Waals surface area (Å²) in [5.41, 5.74) is 1.04. The van der Waals surface area contributed by atoms with Crippen molar-refractivity contribution in [3.05, 3.63) is 29.8 Å². The fourth-order valence-electron chi connectivity index (χ4n) is 3.25. The van der Waals surface area contributed by atoms with E-state index in [0.717, 1.165) is 49.8 Å². The van der Waals surface area contributed by atoms with Crippen LogP contribution in [-0.4, -0.2) is 41.3 Å². The minimum Gasteiger partial charge on any atom is -0.496 e. The van der Waals surface area contributed by atoms with Crippen LogP contribution in [0.4, 0.5) is 4.79 Å². The van der Waals surface area contributed by atoms with Crippen LogP contribution in [0.25, 0.3) is 0 Å². The number of para-hydroxylation sites is 1. The number of benzene rings is 1. The SMILES string of the molecule is COc1ccccc1CN(C(=O)NC1CCC(O)CC1)C1CC1. The Morgan fingerprint density at radius 1 is 1.22 bits per heavy atom. The van der Waals surface area contributed by atoms with Crippen molar-refractivity contribution in [2.24, 2.45) is 0 Å². The lowest BCUT2D eigenvalue weighted by Crippen LogP contribution is -2.47. The van der Waals surface area contributed by atoms with Crippen LogP contribution >= 0.6 is 0 Å². The van der Waals surface area contributed by atoms with Crippen molar-refractivity contribution in [2.75, 3.05) is 7.11 Å². The summed E-state index contributed by atoms with van der Waals surface area (Å²) in [7, 11) is 1.66. The van der Waals surface area contributed by atoms with Gasteiger partial charge in [-0.05, 0) is 44.6 Å². The molecule has 0 unspecified atom stereocenters. The highest BCUT2D eigenvalue weighted by Crippen LogP contribution is 2.30. The molecule has 2 N–H and O–H groups in total. The lowest BCUT2D eigenvalue weighted by atomic mass is 9.93. The molecule has 2 aliphatic carbocycles. The number of hydrogen-bond acceptors (Lipinski definition) is 3. The van der Waals surface area contributed by atoms with E-state index in [-0.39, 0.29) is 18.2 Å². The van der Waals surface area contributed by atoms with Gasteiger partial charge in [-0.25, -0.2) is 4.79 Å². The molecule has 0 aromatic heterocycles. The van der Waals surface area contributed by atoms with Crippen LogP contribution in [0.15, 0.2) is 24.3 Å². The van der Waals surface area contributed by atoms with Gasteiger partial charge in [0.1, 0.15) is 5.75 Å². The average Bonchev–Trinajstić information content (AvgIpc) is 3.39. The Morgan fingerprint density at radius 3 is 2.57 bits per heavy atom. The summed E-state index contributed by atoms with van der Waals surface area (Å²) in [6.45, 7) is 0.579. The van der Waals surface area contributed by atoms with Gasteiger partial charge in [0, 0.05) is 17.6 Å². The lowest BCUT2D eigenvalue weighted by Gasteiger charge is -2.30. The Kier molecular flexibility index (Phi) is 5.06. The molecule has 1 aromatic carbocycles. The largest absolute Gasteiger partial charge is 0.496 e. The van der Waals surface area contributed by atoms with E-state index in [2.05, 4.69) is 5.32 Å². The number of aliphatic hydroxyl groups is 1. The predicted octanol–water partition coefficient (Wildman–Crippen LogP) is 2.67. The van der Waals surface area contributed by atoms with Gasteiger partial charge in [0.25, 0.3) is 0 Å². The molecule has 0 atom stereocenters. The fourth-order valence-corrected chi connectivity index (χ4v) is 3.25. The molecule has 126 valence electrons. The molecule has 2 aliphatic rings. The first-order valence-electron chi connectivity index (χ1n) is 8.54. The molecule has 2 saturated carbocycles. The summed E-state index contributed by atoms with van der Waals surface area (Å²) >= 11 is 0. The van der Waals surface area contributed by atoms with Gasteiger partial charge in [0.2, 0.25) is 0 Å². The normalized spacial score (nSPS) is 24.1. The Balaban J connectivity index is 1.63. The maximum Gasteiger partial charge on any atom is 0.318 e. The summed E-state index contributed by atoms with van der Waals surface area (Å²) in [4.78, 5) is 14.6. The van der Waals surface area contributed by atoms with Crippen molar-refractivity contribution < 1.29 is 14.6 Å². The third kappa shape index (κ3) is 4.16. The molecule has 2 amide bonds. The molecule has 1 aromatic rings. The Morgan fingerprint density at radius 2 is 1.91 bits per heavy atom. The van der Waals surface area contributed by atoms with Crippen molar-refractivity contribution in [3.8, 4) is 5.75 Å². The van der Waals surface area contributed by atoms with E-state index in [1.165, 1.54) is 0 Å². The molecule has 0 radical (unpaired) electrons. The van der Waals surface area contributed by atoms with E-state index in [9.17, 15) is 9.90 Å². The number of carbonyl (C=O) groups excluding carboxylic acids is 1. The zero-order chi connectivity index (χ0) is 16.2. The highest BCUT2D eigenvalue weighted by molar-refractivity contribution is 5.75. The Labute approximate surface area is 137 Å². The minimum atomic E-state index is -0.198. The van der Waals surface area contributed by atoms with Gasteiger partial charge in [-0.3, -0.25) is 0 Å². The number of nitrogens with zero attached hydrogens (tertiary/aromatic N) is 1. The summed E-state index contributed by atoms with van der Waals surface area (Å²) in [5, 5.41) is 12.7. The number of rotatable bonds is 5. The molecule has 0 spiro atoms. The number of amides is 2. The summed E-state index contributed by atoms with van der Waals surface area (Å²) in [6, 6.07) is 8.40. The van der Waals surface area contributed by atoms with Gasteiger partial charge in [-0.2, -0.15) is 0 Å². The van der Waals surface area contributed by atoms with E-state index in [1.807, 2.05) is 29.2 Å². The van der Waals surface area contributed by atoms with Gasteiger partial charge in [-0.1, -0.05) is 18.2 Å². The van der Waals surface area contributed by atoms with Gasteiger partial charge in [0.05, 0.1) is 19.8 Å². The number of methoxy groups -OCH3 is 1. The van der Waals surface area contributed by atoms with Crippen LogP contribution in [0, 0.1) is 0 Å². The van der Waals surface area contributed by atoms with E-state index < -0.39 is 0 Å². The summed E-state index contributed by atoms with van der Waals surface area (Å²) < 4.78 is 5.40. The second-order valence-electron chi connectivity index (χ2n) is 6.63. The van der Waals surface area contributed by atoms with Gasteiger partial charge < -0.3 is 20.1 Å². The summed E-state index contributed by atoms with van der Waals surface area (Å²) in [5.74, 6) is 0.826. The van der Waals surface area contributed by atoms with Gasteiger partial charge >= 0.3 is 6.03 Å². The zero-order valence-corrected chi connectivity index (χ0v) is 13.7. The van der Waals surface area contributed by atoms with Gasteiger partial charge in [0.15, 0.2) is 0 Å². The van der Waals surface area contributed by atoms with E-state index in [1.54, 1.807) is 7.11 Å². The Hall–Kier alpha value is -1.75. The summed E-state index contributed by atoms with van der Waals surface area (Å²) in [6.07, 6.45) is 5.23. The quantitative estimate of drug-likeness (QED) is 0.877. The topological polar surface area (TPSA) is 61.8 Å². The highest BCUT2D eigenvalue weighted by Gasteiger charge is 2.34. The van der Waals surface area contributed by atoms with Crippen LogP contribution in [0.3, 0.4) is 0 Å². The van der Waals surface area contributed by atoms with E-state index in [0.29, 0.717) is 12.6 Å². The maximum absolute atomic E-state index is 12.7. The van der Waals surface area contributed by atoms with E-state index >= 15 is 0 Å². The molecule has 3 rings (SSSR count). The zero-order valence-electron chi connectivity index (χ0n) is 13.7. The first-order valence-corrected chi connectivity index (χ1v) is 8.54. The van der Waals surface area contributed by atoms with Crippen LogP contribution in [0.1, 0.15) is 44.1 Å². The highest BCUT2D eigenvalue weighted by atomic mass is 16.5. The van der Waals surface area contributed by atoms with Crippen LogP contribution in [0.2, 0.25) is 0 Å². The molecule has 0 saturated heterocycles. The smallest absolute Gasteiger partial charge is 0.318 e. The molecular formula is C18H26N2O3. The number of nitrogens with one attached hydrogen (secondary N) is 1. The second-order valence-corrected chi connectivity index (χ2v) is 6.63. The molecule has 2 fully saturated rings. The van der Waals surface area contributed by atoms with E-state index in [4.69, 9.17) is 4.74 Å². The third-order valence-electron chi connectivity index (χ3n) is 4.81. The van der Waals surface area contributed by atoms with Crippen molar-refractivity contribution in [2.45, 2.75) is 63.3 Å². The first kappa shape index (κ1) is 16.1. The molecular weight excluding hydrogens is 292 g/mol. The molecule has 0 bridgehead atoms. The number of urea groups is 1. The average molecular weight is 318 g/mol. The minimum absolute atomic E-state index is 0.0137. The molecule has 23 heavy (non-hydrogen) atoms. The standard InChI is InChI=1S/C18H26N2O3/c1-23-17-5-3-2-4-13(17)12-20(15-8-9-15)18(22)19-14-6-10-16(21)11-7-14/h2-5,14-16,21H,6-12H2,1H3,(H,19,22). The lowest BCUT2D eigenvalue weighted by molar-refractivity contribution is 0.114. The molecule has 0 aliphatic heterocycles. The van der Waals surface area contributed by atoms with Crippen LogP contribution in [0.5, 0.6) is 5.75 Å². The monoisotopic (exact) mass is 318 g/mol. The van der Waals surface area contributed by atoms with Crippen molar-refractivity contribution >= 4 is 6.03 Å². The number of hydrogen-bond donors (Lipinski definition) is 2. The van der Waals surface area contributed by atoms with Crippen LogP contribution < -0.4 is 10.1 Å². The number of ether oxygens (including phenoxy) is 1.